The van der Waals surface area contributed by atoms with E-state index in [1.165, 1.54) is 60.1 Å². The Morgan fingerprint density at radius 3 is 2.50 bits per heavy atom. The molecule has 2 aromatic heterocycles. The monoisotopic (exact) mass is 697 g/mol. The fourth-order valence-electron chi connectivity index (χ4n) is 9.26. The number of rotatable bonds is 16. The molecule has 4 saturated carbocycles. The number of hydrogen-bond donors (Lipinski definition) is 3. The van der Waals surface area contributed by atoms with Crippen molar-refractivity contribution >= 4 is 34.0 Å². The molecule has 3 N–H and O–H groups in total. The van der Waals surface area contributed by atoms with Gasteiger partial charge in [-0.05, 0) is 117 Å². The van der Waals surface area contributed by atoms with Crippen molar-refractivity contribution in [3.8, 4) is 22.6 Å². The molecule has 0 unspecified atom stereocenters. The summed E-state index contributed by atoms with van der Waals surface area (Å²) in [5.41, 5.74) is 4.78. The molecule has 0 aliphatic heterocycles. The van der Waals surface area contributed by atoms with Gasteiger partial charge in [0.1, 0.15) is 18.2 Å². The first kappa shape index (κ1) is 34.7. The molecule has 4 aromatic rings. The SMILES string of the molecule is CNCc1ccccc1-c1csc([C@H](C)Nc2nc(C)nc3cc(OCCOCCNC(=O)CC45CC6CC(CC(C6)C4)C5)c(OC)cc23)c1. The first-order valence-corrected chi connectivity index (χ1v) is 19.1. The highest BCUT2D eigenvalue weighted by molar-refractivity contribution is 7.10. The van der Waals surface area contributed by atoms with Crippen LogP contribution in [0, 0.1) is 30.1 Å². The Morgan fingerprint density at radius 2 is 1.76 bits per heavy atom. The van der Waals surface area contributed by atoms with Crippen LogP contribution >= 0.6 is 11.3 Å². The van der Waals surface area contributed by atoms with Crippen LogP contribution in [0.25, 0.3) is 22.0 Å². The van der Waals surface area contributed by atoms with Gasteiger partial charge in [0.15, 0.2) is 11.5 Å². The van der Waals surface area contributed by atoms with Crippen LogP contribution in [-0.2, 0) is 16.1 Å². The third-order valence-electron chi connectivity index (χ3n) is 10.9. The number of benzene rings is 2. The molecule has 2 heterocycles. The molecule has 10 heteroatoms. The Balaban J connectivity index is 0.914. The van der Waals surface area contributed by atoms with Crippen molar-refractivity contribution in [1.29, 1.82) is 0 Å². The van der Waals surface area contributed by atoms with Crippen molar-refractivity contribution in [3.05, 3.63) is 64.1 Å². The van der Waals surface area contributed by atoms with E-state index in [0.717, 1.165) is 41.0 Å². The minimum atomic E-state index is 0.0312. The van der Waals surface area contributed by atoms with Crippen LogP contribution in [-0.4, -0.2) is 56.4 Å². The summed E-state index contributed by atoms with van der Waals surface area (Å²) in [6.07, 6.45) is 8.65. The van der Waals surface area contributed by atoms with Gasteiger partial charge in [-0.25, -0.2) is 9.97 Å². The molecule has 1 amide bonds. The smallest absolute Gasteiger partial charge is 0.220 e. The highest BCUT2D eigenvalue weighted by Gasteiger charge is 2.51. The topological polar surface area (TPSA) is 107 Å². The van der Waals surface area contributed by atoms with E-state index in [1.54, 1.807) is 18.4 Å². The quantitative estimate of drug-likeness (QED) is 0.102. The number of aromatic nitrogens is 2. The minimum Gasteiger partial charge on any atom is -0.493 e. The van der Waals surface area contributed by atoms with Crippen molar-refractivity contribution in [2.45, 2.75) is 71.4 Å². The molecule has 266 valence electrons. The number of amides is 1. The van der Waals surface area contributed by atoms with E-state index in [4.69, 9.17) is 24.2 Å². The summed E-state index contributed by atoms with van der Waals surface area (Å²) < 4.78 is 17.7. The zero-order valence-electron chi connectivity index (χ0n) is 29.8. The number of hydrogen-bond acceptors (Lipinski definition) is 9. The maximum atomic E-state index is 12.8. The zero-order valence-corrected chi connectivity index (χ0v) is 30.7. The normalized spacial score (nSPS) is 22.8. The fourth-order valence-corrected chi connectivity index (χ4v) is 10.2. The second kappa shape index (κ2) is 15.3. The summed E-state index contributed by atoms with van der Waals surface area (Å²) in [4.78, 5) is 23.5. The van der Waals surface area contributed by atoms with Crippen molar-refractivity contribution in [2.24, 2.45) is 23.2 Å². The number of fused-ring (bicyclic) bond motifs is 1. The van der Waals surface area contributed by atoms with Gasteiger partial charge in [0.2, 0.25) is 5.91 Å². The Labute approximate surface area is 299 Å². The Morgan fingerprint density at radius 1 is 1.00 bits per heavy atom. The first-order chi connectivity index (χ1) is 24.3. The maximum absolute atomic E-state index is 12.8. The number of anilines is 1. The van der Waals surface area contributed by atoms with Gasteiger partial charge in [-0.2, -0.15) is 0 Å². The predicted octanol–water partition coefficient (Wildman–Crippen LogP) is 7.69. The molecular formula is C40H51N5O4S. The molecule has 4 aliphatic rings. The largest absolute Gasteiger partial charge is 0.493 e. The van der Waals surface area contributed by atoms with Crippen molar-refractivity contribution in [2.75, 3.05) is 45.8 Å². The van der Waals surface area contributed by atoms with Gasteiger partial charge in [0.05, 0.1) is 31.9 Å². The van der Waals surface area contributed by atoms with E-state index >= 15 is 0 Å². The molecule has 4 bridgehead atoms. The summed E-state index contributed by atoms with van der Waals surface area (Å²) in [5.74, 6) is 5.40. The minimum absolute atomic E-state index is 0.0312. The van der Waals surface area contributed by atoms with Crippen molar-refractivity contribution in [1.82, 2.24) is 20.6 Å². The molecule has 8 rings (SSSR count). The van der Waals surface area contributed by atoms with Crippen molar-refractivity contribution in [3.63, 3.8) is 0 Å². The third-order valence-corrected chi connectivity index (χ3v) is 12.1. The lowest BCUT2D eigenvalue weighted by molar-refractivity contribution is -0.129. The molecule has 4 aliphatic carbocycles. The Kier molecular flexibility index (Phi) is 10.6. The van der Waals surface area contributed by atoms with Crippen LogP contribution in [0.2, 0.25) is 0 Å². The molecular weight excluding hydrogens is 647 g/mol. The maximum Gasteiger partial charge on any atom is 0.220 e. The lowest BCUT2D eigenvalue weighted by Crippen LogP contribution is -2.48. The van der Waals surface area contributed by atoms with E-state index in [-0.39, 0.29) is 17.4 Å². The number of nitrogens with zero attached hydrogens (tertiary/aromatic N) is 2. The lowest BCUT2D eigenvalue weighted by Gasteiger charge is -2.56. The van der Waals surface area contributed by atoms with Crippen LogP contribution in [0.15, 0.2) is 47.8 Å². The number of carbonyl (C=O) groups is 1. The van der Waals surface area contributed by atoms with Gasteiger partial charge in [0.25, 0.3) is 0 Å². The number of aryl methyl sites for hydroxylation is 1. The fraction of sp³-hybridized carbons (Fsp3) is 0.525. The van der Waals surface area contributed by atoms with Crippen molar-refractivity contribution < 1.29 is 19.0 Å². The summed E-state index contributed by atoms with van der Waals surface area (Å²) in [5, 5.41) is 13.1. The second-order valence-corrected chi connectivity index (χ2v) is 15.8. The van der Waals surface area contributed by atoms with Crippen LogP contribution < -0.4 is 25.4 Å². The first-order valence-electron chi connectivity index (χ1n) is 18.2. The number of nitrogens with one attached hydrogen (secondary N) is 3. The van der Waals surface area contributed by atoms with Crippen LogP contribution in [0.5, 0.6) is 11.5 Å². The average Bonchev–Trinajstić information content (AvgIpc) is 3.58. The number of carbonyl (C=O) groups excluding carboxylic acids is 1. The summed E-state index contributed by atoms with van der Waals surface area (Å²) in [6, 6.07) is 14.7. The molecule has 4 fully saturated rings. The number of thiophene rings is 1. The number of ether oxygens (including phenoxy) is 3. The lowest BCUT2D eigenvalue weighted by atomic mass is 9.49. The van der Waals surface area contributed by atoms with Gasteiger partial charge in [-0.15, -0.1) is 11.3 Å². The summed E-state index contributed by atoms with van der Waals surface area (Å²) >= 11 is 1.74. The second-order valence-electron chi connectivity index (χ2n) is 14.8. The van der Waals surface area contributed by atoms with E-state index in [9.17, 15) is 4.79 Å². The standard InChI is InChI=1S/C40H51N5O4S/c1-25(37-16-31(24-50-37)32-8-6-5-7-30(32)23-41-3)43-39-33-17-35(47-4)36(18-34(33)44-26(2)45-39)49-12-11-48-10-9-42-38(46)22-40-19-27-13-28(20-40)15-29(14-27)21-40/h5-8,16-18,24-25,27-29,41H,9-15,19-23H2,1-4H3,(H,42,46)(H,43,44,45)/t25-,27?,28?,29?,40?/m0/s1. The van der Waals surface area contributed by atoms with Gasteiger partial charge < -0.3 is 30.2 Å². The predicted molar refractivity (Wildman–Crippen MR) is 200 cm³/mol. The summed E-state index contributed by atoms with van der Waals surface area (Å²) in [6.45, 7) is 6.61. The van der Waals surface area contributed by atoms with Crippen LogP contribution in [0.3, 0.4) is 0 Å². The summed E-state index contributed by atoms with van der Waals surface area (Å²) in [7, 11) is 3.61. The molecule has 50 heavy (non-hydrogen) atoms. The van der Waals surface area contributed by atoms with Gasteiger partial charge >= 0.3 is 0 Å². The zero-order chi connectivity index (χ0) is 34.7. The van der Waals surface area contributed by atoms with E-state index in [2.05, 4.69) is 58.6 Å². The number of methoxy groups -OCH3 is 1. The molecule has 0 spiro atoms. The van der Waals surface area contributed by atoms with E-state index < -0.39 is 0 Å². The van der Waals surface area contributed by atoms with Gasteiger partial charge in [-0.1, -0.05) is 24.3 Å². The van der Waals surface area contributed by atoms with E-state index in [0.29, 0.717) is 50.1 Å². The van der Waals surface area contributed by atoms with Crippen LogP contribution in [0.1, 0.15) is 74.2 Å². The Hall–Kier alpha value is -3.73. The molecule has 1 atom stereocenters. The molecule has 0 saturated heterocycles. The molecule has 0 radical (unpaired) electrons. The van der Waals surface area contributed by atoms with Crippen LogP contribution in [0.4, 0.5) is 5.82 Å². The highest BCUT2D eigenvalue weighted by Crippen LogP contribution is 2.61. The molecule has 9 nitrogen and oxygen atoms in total. The average molecular weight is 698 g/mol. The van der Waals surface area contributed by atoms with E-state index in [1.807, 2.05) is 26.1 Å². The van der Waals surface area contributed by atoms with Gasteiger partial charge in [-0.3, -0.25) is 4.79 Å². The Bertz CT molecular complexity index is 1770. The van der Waals surface area contributed by atoms with Gasteiger partial charge in [0, 0.05) is 35.8 Å². The third kappa shape index (κ3) is 7.77. The highest BCUT2D eigenvalue weighted by atomic mass is 32.1. The molecule has 2 aromatic carbocycles.